The van der Waals surface area contributed by atoms with E-state index in [0.29, 0.717) is 0 Å². The molecule has 0 aliphatic rings. The molecule has 0 aliphatic heterocycles. The van der Waals surface area contributed by atoms with Gasteiger partial charge in [-0.05, 0) is 104 Å². The lowest BCUT2D eigenvalue weighted by atomic mass is 9.97. The van der Waals surface area contributed by atoms with Crippen molar-refractivity contribution in [3.05, 3.63) is 124 Å². The highest BCUT2D eigenvalue weighted by molar-refractivity contribution is 6.09. The third-order valence-electron chi connectivity index (χ3n) is 6.99. The first kappa shape index (κ1) is 21.3. The Morgan fingerprint density at radius 1 is 0.606 bits per heavy atom. The molecule has 1 heteroatoms. The largest absolute Gasteiger partial charge is 0.317 e. The molecule has 0 N–H and O–H groups in total. The average molecular weight is 430 g/mol. The summed E-state index contributed by atoms with van der Waals surface area (Å²) in [4.78, 5) is 0. The topological polar surface area (TPSA) is 4.93 Å². The van der Waals surface area contributed by atoms with E-state index < -0.39 is 0 Å². The van der Waals surface area contributed by atoms with Crippen molar-refractivity contribution in [2.75, 3.05) is 0 Å². The van der Waals surface area contributed by atoms with E-state index in [2.05, 4.69) is 112 Å². The van der Waals surface area contributed by atoms with E-state index in [-0.39, 0.29) is 0 Å². The number of fused-ring (bicyclic) bond motifs is 3. The lowest BCUT2D eigenvalue weighted by Gasteiger charge is -2.08. The van der Waals surface area contributed by atoms with Gasteiger partial charge in [-0.1, -0.05) is 60.7 Å². The number of nitrogens with zero attached hydrogens (tertiary/aromatic N) is 1. The fourth-order valence-corrected chi connectivity index (χ4v) is 4.98. The van der Waals surface area contributed by atoms with Gasteiger partial charge in [0, 0.05) is 17.0 Å². The average Bonchev–Trinajstić information content (AvgIpc) is 3.10. The van der Waals surface area contributed by atoms with Crippen molar-refractivity contribution >= 4 is 28.0 Å². The molecule has 0 unspecified atom stereocenters. The standard InChI is InChI=1S/C32H31N/c1-6-33-31-13-10-26(17-25-9-8-22(3)23(4)16-25)19-29(31)30-20-27(11-14-32(30)33)18-28-12-7-21(2)15-24(28)5/h6-16,19-20H,1,17-18H2,2-5H3. The number of hydrogen-bond donors (Lipinski definition) is 0. The van der Waals surface area contributed by atoms with Crippen molar-refractivity contribution < 1.29 is 0 Å². The molecule has 0 saturated carbocycles. The lowest BCUT2D eigenvalue weighted by molar-refractivity contribution is 1.15. The predicted molar refractivity (Wildman–Crippen MR) is 143 cm³/mol. The quantitative estimate of drug-likeness (QED) is 0.265. The van der Waals surface area contributed by atoms with Crippen LogP contribution in [0.3, 0.4) is 0 Å². The van der Waals surface area contributed by atoms with Gasteiger partial charge in [-0.2, -0.15) is 0 Å². The second-order valence-electron chi connectivity index (χ2n) is 9.46. The van der Waals surface area contributed by atoms with E-state index >= 15 is 0 Å². The molecule has 1 heterocycles. The Morgan fingerprint density at radius 3 is 1.82 bits per heavy atom. The van der Waals surface area contributed by atoms with E-state index in [9.17, 15) is 0 Å². The van der Waals surface area contributed by atoms with Crippen molar-refractivity contribution in [1.82, 2.24) is 4.57 Å². The Hall–Kier alpha value is -3.58. The normalized spacial score (nSPS) is 11.4. The van der Waals surface area contributed by atoms with Crippen LogP contribution in [0.4, 0.5) is 0 Å². The van der Waals surface area contributed by atoms with Gasteiger partial charge in [-0.25, -0.2) is 0 Å². The molecule has 1 aromatic heterocycles. The zero-order valence-corrected chi connectivity index (χ0v) is 20.1. The van der Waals surface area contributed by atoms with Crippen LogP contribution < -0.4 is 0 Å². The second kappa shape index (κ2) is 8.41. The molecule has 1 nitrogen and oxygen atoms in total. The zero-order chi connectivity index (χ0) is 23.1. The third-order valence-corrected chi connectivity index (χ3v) is 6.99. The molecule has 0 bridgehead atoms. The Balaban J connectivity index is 1.58. The SMILES string of the molecule is C=Cn1c2ccc(Cc3ccc(C)c(C)c3)cc2c2cc(Cc3ccc(C)cc3C)ccc21. The highest BCUT2D eigenvalue weighted by Gasteiger charge is 2.12. The fourth-order valence-electron chi connectivity index (χ4n) is 4.98. The molecule has 0 aliphatic carbocycles. The fraction of sp³-hybridized carbons (Fsp3) is 0.188. The number of aryl methyl sites for hydroxylation is 4. The molecular formula is C32H31N. The Labute approximate surface area is 197 Å². The van der Waals surface area contributed by atoms with Crippen LogP contribution in [0, 0.1) is 27.7 Å². The Bertz CT molecular complexity index is 1510. The van der Waals surface area contributed by atoms with Crippen LogP contribution in [0.15, 0.2) is 79.4 Å². The van der Waals surface area contributed by atoms with Gasteiger partial charge in [0.15, 0.2) is 0 Å². The molecule has 33 heavy (non-hydrogen) atoms. The van der Waals surface area contributed by atoms with E-state index in [1.54, 1.807) is 0 Å². The van der Waals surface area contributed by atoms with E-state index in [1.165, 1.54) is 66.3 Å². The molecule has 4 aromatic carbocycles. The highest BCUT2D eigenvalue weighted by atomic mass is 14.9. The molecule has 0 amide bonds. The van der Waals surface area contributed by atoms with Crippen molar-refractivity contribution in [1.29, 1.82) is 0 Å². The van der Waals surface area contributed by atoms with Crippen molar-refractivity contribution in [3.8, 4) is 0 Å². The maximum atomic E-state index is 4.08. The number of rotatable bonds is 5. The molecule has 0 spiro atoms. The molecule has 0 saturated heterocycles. The first-order chi connectivity index (χ1) is 15.9. The van der Waals surface area contributed by atoms with E-state index in [4.69, 9.17) is 0 Å². The molecule has 0 atom stereocenters. The van der Waals surface area contributed by atoms with Crippen molar-refractivity contribution in [3.63, 3.8) is 0 Å². The third kappa shape index (κ3) is 4.00. The summed E-state index contributed by atoms with van der Waals surface area (Å²) in [6, 6.07) is 27.3. The maximum Gasteiger partial charge on any atom is 0.0534 e. The smallest absolute Gasteiger partial charge is 0.0534 e. The lowest BCUT2D eigenvalue weighted by Crippen LogP contribution is -1.93. The molecule has 5 aromatic rings. The summed E-state index contributed by atoms with van der Waals surface area (Å²) < 4.78 is 2.21. The summed E-state index contributed by atoms with van der Waals surface area (Å²) in [6.07, 6.45) is 3.82. The summed E-state index contributed by atoms with van der Waals surface area (Å²) in [5.41, 5.74) is 13.2. The van der Waals surface area contributed by atoms with Gasteiger partial charge in [0.2, 0.25) is 0 Å². The van der Waals surface area contributed by atoms with Gasteiger partial charge in [0.1, 0.15) is 0 Å². The van der Waals surface area contributed by atoms with Gasteiger partial charge in [-0.15, -0.1) is 0 Å². The number of aromatic nitrogens is 1. The van der Waals surface area contributed by atoms with Crippen LogP contribution >= 0.6 is 0 Å². The Kier molecular flexibility index (Phi) is 5.42. The predicted octanol–water partition coefficient (Wildman–Crippen LogP) is 8.31. The summed E-state index contributed by atoms with van der Waals surface area (Å²) in [5.74, 6) is 0. The van der Waals surface area contributed by atoms with Gasteiger partial charge < -0.3 is 4.57 Å². The van der Waals surface area contributed by atoms with Crippen LogP contribution in [0.5, 0.6) is 0 Å². The monoisotopic (exact) mass is 429 g/mol. The maximum absolute atomic E-state index is 4.08. The first-order valence-corrected chi connectivity index (χ1v) is 11.7. The first-order valence-electron chi connectivity index (χ1n) is 11.7. The van der Waals surface area contributed by atoms with Crippen molar-refractivity contribution in [2.45, 2.75) is 40.5 Å². The molecule has 0 fully saturated rings. The number of benzene rings is 4. The number of hydrogen-bond acceptors (Lipinski definition) is 0. The Morgan fingerprint density at radius 2 is 1.21 bits per heavy atom. The minimum Gasteiger partial charge on any atom is -0.317 e. The highest BCUT2D eigenvalue weighted by Crippen LogP contribution is 2.32. The summed E-state index contributed by atoms with van der Waals surface area (Å²) in [7, 11) is 0. The minimum absolute atomic E-state index is 0.945. The van der Waals surface area contributed by atoms with Gasteiger partial charge >= 0.3 is 0 Å². The second-order valence-corrected chi connectivity index (χ2v) is 9.46. The van der Waals surface area contributed by atoms with Crippen LogP contribution in [-0.4, -0.2) is 4.57 Å². The van der Waals surface area contributed by atoms with Gasteiger partial charge in [0.05, 0.1) is 11.0 Å². The minimum atomic E-state index is 0.945. The zero-order valence-electron chi connectivity index (χ0n) is 20.1. The van der Waals surface area contributed by atoms with Crippen molar-refractivity contribution in [2.24, 2.45) is 0 Å². The molecule has 5 rings (SSSR count). The van der Waals surface area contributed by atoms with Crippen LogP contribution in [0.1, 0.15) is 44.5 Å². The van der Waals surface area contributed by atoms with Gasteiger partial charge in [-0.3, -0.25) is 0 Å². The van der Waals surface area contributed by atoms with E-state index in [0.717, 1.165) is 12.8 Å². The molecular weight excluding hydrogens is 398 g/mol. The molecule has 0 radical (unpaired) electrons. The van der Waals surface area contributed by atoms with Crippen LogP contribution in [0.25, 0.3) is 28.0 Å². The van der Waals surface area contributed by atoms with Crippen LogP contribution in [0.2, 0.25) is 0 Å². The summed E-state index contributed by atoms with van der Waals surface area (Å²) in [5, 5.41) is 2.60. The van der Waals surface area contributed by atoms with Crippen LogP contribution in [-0.2, 0) is 12.8 Å². The van der Waals surface area contributed by atoms with Gasteiger partial charge in [0.25, 0.3) is 0 Å². The van der Waals surface area contributed by atoms with E-state index in [1.807, 2.05) is 6.20 Å². The summed E-state index contributed by atoms with van der Waals surface area (Å²) >= 11 is 0. The summed E-state index contributed by atoms with van der Waals surface area (Å²) in [6.45, 7) is 12.8. The molecule has 164 valence electrons.